The summed E-state index contributed by atoms with van der Waals surface area (Å²) in [4.78, 5) is 14.9. The zero-order chi connectivity index (χ0) is 21.7. The van der Waals surface area contributed by atoms with Crippen molar-refractivity contribution in [1.29, 1.82) is 0 Å². The number of aliphatic hydroxyl groups is 2. The van der Waals surface area contributed by atoms with Crippen molar-refractivity contribution >= 4 is 5.78 Å². The Morgan fingerprint density at radius 3 is 2.52 bits per heavy atom. The van der Waals surface area contributed by atoms with Gasteiger partial charge < -0.3 is 15.1 Å². The molecule has 3 N–H and O–H groups in total. The van der Waals surface area contributed by atoms with E-state index in [1.54, 1.807) is 4.90 Å². The molecule has 4 saturated carbocycles. The molecule has 2 aliphatic heterocycles. The molecular formula is C27H44NO3+. The number of ketones is 1. The topological polar surface area (TPSA) is 62.0 Å². The minimum absolute atomic E-state index is 0.0841. The van der Waals surface area contributed by atoms with Crippen LogP contribution in [-0.4, -0.2) is 46.8 Å². The summed E-state index contributed by atoms with van der Waals surface area (Å²) in [6.45, 7) is 9.45. The SMILES string of the molecule is C[C@H]1CCC2[NH+](CC3C4CC5C(CC(=O)C6C[C@@H](O)CCC65C)C4CC[C@H]3C2(C)O)C1. The zero-order valence-electron chi connectivity index (χ0n) is 19.9. The molecule has 31 heavy (non-hydrogen) atoms. The first kappa shape index (κ1) is 21.1. The van der Waals surface area contributed by atoms with E-state index in [0.29, 0.717) is 53.8 Å². The lowest BCUT2D eigenvalue weighted by Crippen LogP contribution is -3.21. The maximum absolute atomic E-state index is 13.3. The Bertz CT molecular complexity index is 751. The fourth-order valence-corrected chi connectivity index (χ4v) is 10.6. The minimum atomic E-state index is -0.533. The molecule has 6 aliphatic rings. The second-order valence-electron chi connectivity index (χ2n) is 13.4. The van der Waals surface area contributed by atoms with Crippen LogP contribution in [-0.2, 0) is 4.79 Å². The van der Waals surface area contributed by atoms with Crippen molar-refractivity contribution < 1.29 is 19.9 Å². The van der Waals surface area contributed by atoms with Gasteiger partial charge in [-0.25, -0.2) is 0 Å². The lowest BCUT2D eigenvalue weighted by atomic mass is 9.51. The molecule has 4 heteroatoms. The maximum Gasteiger partial charge on any atom is 0.136 e. The van der Waals surface area contributed by atoms with Gasteiger partial charge in [0.25, 0.3) is 0 Å². The normalized spacial score (nSPS) is 60.9. The van der Waals surface area contributed by atoms with Crippen LogP contribution in [0.3, 0.4) is 0 Å². The van der Waals surface area contributed by atoms with Crippen LogP contribution in [0.15, 0.2) is 0 Å². The number of carbonyl (C=O) groups is 1. The predicted molar refractivity (Wildman–Crippen MR) is 119 cm³/mol. The summed E-state index contributed by atoms with van der Waals surface area (Å²) in [5.74, 6) is 4.98. The number of carbonyl (C=O) groups excluding carboxylic acids is 1. The summed E-state index contributed by atoms with van der Waals surface area (Å²) in [6, 6.07) is 0.425. The highest BCUT2D eigenvalue weighted by molar-refractivity contribution is 5.83. The van der Waals surface area contributed by atoms with Crippen molar-refractivity contribution in [3.8, 4) is 0 Å². The van der Waals surface area contributed by atoms with E-state index in [-0.39, 0.29) is 17.4 Å². The van der Waals surface area contributed by atoms with Crippen molar-refractivity contribution in [1.82, 2.24) is 0 Å². The van der Waals surface area contributed by atoms with E-state index >= 15 is 0 Å². The number of nitrogens with one attached hydrogen (secondary N) is 1. The molecule has 0 aromatic carbocycles. The molecule has 6 fully saturated rings. The van der Waals surface area contributed by atoms with Gasteiger partial charge in [0.05, 0.1) is 19.2 Å². The summed E-state index contributed by atoms with van der Waals surface area (Å²) >= 11 is 0. The second kappa shape index (κ2) is 7.03. The fourth-order valence-electron chi connectivity index (χ4n) is 10.6. The van der Waals surface area contributed by atoms with Crippen LogP contribution in [0.5, 0.6) is 0 Å². The molecule has 0 amide bonds. The molecule has 0 aromatic rings. The van der Waals surface area contributed by atoms with Crippen molar-refractivity contribution in [3.05, 3.63) is 0 Å². The number of aliphatic hydroxyl groups excluding tert-OH is 1. The third-order valence-electron chi connectivity index (χ3n) is 12.0. The summed E-state index contributed by atoms with van der Waals surface area (Å²) in [7, 11) is 0. The molecule has 4 nitrogen and oxygen atoms in total. The summed E-state index contributed by atoms with van der Waals surface area (Å²) < 4.78 is 0. The van der Waals surface area contributed by atoms with Crippen LogP contribution >= 0.6 is 0 Å². The quantitative estimate of drug-likeness (QED) is 0.553. The van der Waals surface area contributed by atoms with Gasteiger partial charge in [0.2, 0.25) is 0 Å². The van der Waals surface area contributed by atoms with Crippen molar-refractivity contribution in [3.63, 3.8) is 0 Å². The fraction of sp³-hybridized carbons (Fsp3) is 0.963. The number of rotatable bonds is 0. The van der Waals surface area contributed by atoms with E-state index in [1.807, 2.05) is 0 Å². The smallest absolute Gasteiger partial charge is 0.136 e. The summed E-state index contributed by atoms with van der Waals surface area (Å²) in [6.07, 6.45) is 9.19. The number of piperidine rings is 2. The Labute approximate surface area is 188 Å². The van der Waals surface area contributed by atoms with Gasteiger partial charge >= 0.3 is 0 Å². The van der Waals surface area contributed by atoms with Crippen LogP contribution in [0.2, 0.25) is 0 Å². The second-order valence-corrected chi connectivity index (χ2v) is 13.4. The van der Waals surface area contributed by atoms with Crippen LogP contribution in [0.4, 0.5) is 0 Å². The highest BCUT2D eigenvalue weighted by Gasteiger charge is 2.65. The first-order valence-corrected chi connectivity index (χ1v) is 13.5. The third-order valence-corrected chi connectivity index (χ3v) is 12.0. The highest BCUT2D eigenvalue weighted by atomic mass is 16.3. The highest BCUT2D eigenvalue weighted by Crippen LogP contribution is 2.66. The Kier molecular flexibility index (Phi) is 4.78. The standard InChI is InChI=1S/C27H43NO3/c1-15-4-7-25-27(3,31)21-6-5-17-18(20(21)14-28(25)13-15)11-22-19(17)12-24(30)23-10-16(29)8-9-26(22,23)2/h15-23,25,29,31H,4-14H2,1-3H3/p+1/t15-,16-,17?,18?,19?,20?,21+,22?,23?,25?,26?,27?/m0/s1. The molecule has 0 aromatic heterocycles. The summed E-state index contributed by atoms with van der Waals surface area (Å²) in [5, 5.41) is 22.1. The van der Waals surface area contributed by atoms with Crippen LogP contribution < -0.4 is 4.90 Å². The molecule has 0 spiro atoms. The van der Waals surface area contributed by atoms with E-state index in [1.165, 1.54) is 38.8 Å². The molecule has 2 saturated heterocycles. The molecule has 0 radical (unpaired) electrons. The van der Waals surface area contributed by atoms with Crippen molar-refractivity contribution in [2.24, 2.45) is 52.8 Å². The number of hydrogen-bond donors (Lipinski definition) is 3. The molecule has 4 aliphatic carbocycles. The third kappa shape index (κ3) is 2.93. The van der Waals surface area contributed by atoms with Gasteiger partial charge in [-0.15, -0.1) is 0 Å². The number of hydrogen-bond acceptors (Lipinski definition) is 3. The maximum atomic E-state index is 13.3. The average molecular weight is 431 g/mol. The van der Waals surface area contributed by atoms with E-state index in [0.717, 1.165) is 31.6 Å². The van der Waals surface area contributed by atoms with Crippen molar-refractivity contribution in [2.45, 2.75) is 96.3 Å². The lowest BCUT2D eigenvalue weighted by Gasteiger charge is -2.57. The molecule has 13 atom stereocenters. The molecule has 0 bridgehead atoms. The number of Topliss-reactive ketones (excluding diaryl/α,β-unsaturated/α-hetero) is 1. The molecule has 2 heterocycles. The zero-order valence-corrected chi connectivity index (χ0v) is 19.9. The van der Waals surface area contributed by atoms with Gasteiger partial charge in [0.15, 0.2) is 0 Å². The van der Waals surface area contributed by atoms with E-state index < -0.39 is 5.60 Å². The van der Waals surface area contributed by atoms with E-state index in [2.05, 4.69) is 20.8 Å². The predicted octanol–water partition coefficient (Wildman–Crippen LogP) is 2.47. The lowest BCUT2D eigenvalue weighted by molar-refractivity contribution is -0.953. The van der Waals surface area contributed by atoms with Gasteiger partial charge in [-0.2, -0.15) is 0 Å². The van der Waals surface area contributed by atoms with Crippen LogP contribution in [0, 0.1) is 52.8 Å². The Morgan fingerprint density at radius 1 is 0.903 bits per heavy atom. The van der Waals surface area contributed by atoms with Gasteiger partial charge in [-0.1, -0.05) is 13.8 Å². The van der Waals surface area contributed by atoms with Crippen molar-refractivity contribution in [2.75, 3.05) is 13.1 Å². The Hall–Kier alpha value is -0.450. The van der Waals surface area contributed by atoms with Crippen LogP contribution in [0.1, 0.15) is 78.6 Å². The van der Waals surface area contributed by atoms with Gasteiger partial charge in [-0.05, 0) is 81.0 Å². The van der Waals surface area contributed by atoms with Gasteiger partial charge in [0, 0.05) is 36.5 Å². The average Bonchev–Trinajstić information content (AvgIpc) is 3.09. The minimum Gasteiger partial charge on any atom is -0.393 e. The van der Waals surface area contributed by atoms with Crippen LogP contribution in [0.25, 0.3) is 0 Å². The first-order chi connectivity index (χ1) is 14.7. The molecule has 10 unspecified atom stereocenters. The first-order valence-electron chi connectivity index (χ1n) is 13.5. The van der Waals surface area contributed by atoms with Gasteiger partial charge in [0.1, 0.15) is 17.4 Å². The summed E-state index contributed by atoms with van der Waals surface area (Å²) in [5.41, 5.74) is -0.438. The molecular weight excluding hydrogens is 386 g/mol. The van der Waals surface area contributed by atoms with E-state index in [9.17, 15) is 15.0 Å². The number of fused-ring (bicyclic) bond motifs is 8. The Morgan fingerprint density at radius 2 is 1.71 bits per heavy atom. The van der Waals surface area contributed by atoms with E-state index in [4.69, 9.17) is 0 Å². The van der Waals surface area contributed by atoms with Gasteiger partial charge in [-0.3, -0.25) is 4.79 Å². The monoisotopic (exact) mass is 430 g/mol. The molecule has 174 valence electrons. The largest absolute Gasteiger partial charge is 0.393 e. The molecule has 6 rings (SSSR count). The Balaban J connectivity index is 1.31. The number of quaternary nitrogens is 1.